The molecule has 1 unspecified atom stereocenters. The number of carbonyl (C=O) groups is 2. The van der Waals surface area contributed by atoms with Crippen LogP contribution in [0.15, 0.2) is 72.8 Å². The highest BCUT2D eigenvalue weighted by Gasteiger charge is 2.30. The Hall–Kier alpha value is -6.90. The van der Waals surface area contributed by atoms with Crippen molar-refractivity contribution in [2.45, 2.75) is 123 Å². The molecule has 6 rings (SSSR count). The first-order valence-electron chi connectivity index (χ1n) is 26.9. The molecule has 0 radical (unpaired) electrons. The molecular weight excluding hydrogens is 1040 g/mol. The number of carboxylic acid groups (broad SMARTS) is 2. The highest BCUT2D eigenvalue weighted by molar-refractivity contribution is 5.75. The van der Waals surface area contributed by atoms with Gasteiger partial charge in [0.2, 0.25) is 0 Å². The minimum Gasteiger partial charge on any atom is -0.490 e. The molecule has 79 heavy (non-hydrogen) atoms. The number of nitriles is 2. The van der Waals surface area contributed by atoms with Crippen LogP contribution < -0.4 is 34.1 Å². The van der Waals surface area contributed by atoms with Gasteiger partial charge in [-0.2, -0.15) is 36.9 Å². The smallest absolute Gasteiger partial charge is 0.422 e. The minimum atomic E-state index is -4.40. The van der Waals surface area contributed by atoms with Crippen LogP contribution in [-0.4, -0.2) is 112 Å². The number of ether oxygens (including phenoxy) is 4. The summed E-state index contributed by atoms with van der Waals surface area (Å²) in [6.45, 7) is 8.32. The molecule has 2 aliphatic rings. The third kappa shape index (κ3) is 22.8. The lowest BCUT2D eigenvalue weighted by molar-refractivity contribution is -0.154. The maximum absolute atomic E-state index is 12.5. The summed E-state index contributed by atoms with van der Waals surface area (Å²) >= 11 is 0. The van der Waals surface area contributed by atoms with Crippen LogP contribution in [0.25, 0.3) is 0 Å². The summed E-state index contributed by atoms with van der Waals surface area (Å²) < 4.78 is 95.8. The molecule has 432 valence electrons. The highest BCUT2D eigenvalue weighted by Crippen LogP contribution is 2.36. The lowest BCUT2D eigenvalue weighted by atomic mass is 9.93. The Kier molecular flexibility index (Phi) is 26.9. The van der Waals surface area contributed by atoms with Crippen LogP contribution in [-0.2, 0) is 35.3 Å². The molecular formula is C59H75F6N5O9. The van der Waals surface area contributed by atoms with E-state index in [1.165, 1.54) is 35.9 Å². The molecule has 0 aromatic heterocycles. The topological polar surface area (TPSA) is 198 Å². The number of halogens is 6. The summed E-state index contributed by atoms with van der Waals surface area (Å²) in [5, 5.41) is 47.7. The molecule has 0 saturated carbocycles. The van der Waals surface area contributed by atoms with E-state index in [2.05, 4.69) is 60.2 Å². The summed E-state index contributed by atoms with van der Waals surface area (Å²) in [7, 11) is 1.49. The average molecular weight is 1110 g/mol. The van der Waals surface area contributed by atoms with Crippen LogP contribution in [0, 0.1) is 34.5 Å². The van der Waals surface area contributed by atoms with Gasteiger partial charge in [0.05, 0.1) is 35.7 Å². The van der Waals surface area contributed by atoms with Crippen molar-refractivity contribution in [3.05, 3.63) is 106 Å². The van der Waals surface area contributed by atoms with Crippen molar-refractivity contribution in [1.29, 1.82) is 10.5 Å². The van der Waals surface area contributed by atoms with Gasteiger partial charge in [-0.25, -0.2) is 0 Å². The summed E-state index contributed by atoms with van der Waals surface area (Å²) in [5.41, 5.74) is 8.38. The summed E-state index contributed by atoms with van der Waals surface area (Å²) in [4.78, 5) is 24.8. The van der Waals surface area contributed by atoms with E-state index in [0.717, 1.165) is 113 Å². The number of fused-ring (bicyclic) bond motifs is 2. The molecule has 20 heteroatoms. The number of aliphatic hydroxyl groups excluding tert-OH is 1. The predicted octanol–water partition coefficient (Wildman–Crippen LogP) is 11.5. The van der Waals surface area contributed by atoms with E-state index in [0.29, 0.717) is 48.5 Å². The molecule has 0 amide bonds. The molecule has 2 heterocycles. The van der Waals surface area contributed by atoms with Crippen molar-refractivity contribution in [2.75, 3.05) is 76.1 Å². The van der Waals surface area contributed by atoms with E-state index in [1.807, 2.05) is 12.1 Å². The molecule has 4 N–H and O–H groups in total. The number of aliphatic carboxylic acids is 2. The number of rotatable bonds is 29. The molecule has 2 aliphatic heterocycles. The number of hydrogen-bond donors (Lipinski definition) is 4. The monoisotopic (exact) mass is 1110 g/mol. The van der Waals surface area contributed by atoms with Crippen LogP contribution in [0.5, 0.6) is 23.0 Å². The van der Waals surface area contributed by atoms with Crippen LogP contribution in [0.1, 0.15) is 112 Å². The second-order valence-corrected chi connectivity index (χ2v) is 19.8. The first-order chi connectivity index (χ1) is 37.7. The number of nitrogens with one attached hydrogen (secondary N) is 1. The van der Waals surface area contributed by atoms with Gasteiger partial charge in [-0.1, -0.05) is 63.6 Å². The van der Waals surface area contributed by atoms with E-state index in [1.54, 1.807) is 36.4 Å². The van der Waals surface area contributed by atoms with E-state index in [9.17, 15) is 46.5 Å². The summed E-state index contributed by atoms with van der Waals surface area (Å²) in [6, 6.07) is 25.2. The van der Waals surface area contributed by atoms with E-state index >= 15 is 0 Å². The normalized spacial score (nSPS) is 13.7. The SMILES string of the molecule is CCCCN1CCc2cc(C[C@@H](C)CCCOc3ccccc3OCC(F)(F)F)cc(C#N)c21.CNC(CCC(=O)O)C(=O)O.C[C@@H](CCCOc1ccccc1OCC(F)(F)F)Cc1cc(C#N)c2c(c1)CCN2CCCO. The van der Waals surface area contributed by atoms with Crippen molar-refractivity contribution in [2.24, 2.45) is 11.8 Å². The van der Waals surface area contributed by atoms with E-state index in [4.69, 9.17) is 34.3 Å². The lowest BCUT2D eigenvalue weighted by Gasteiger charge is -2.21. The van der Waals surface area contributed by atoms with Gasteiger partial charge in [0.1, 0.15) is 18.2 Å². The fourth-order valence-corrected chi connectivity index (χ4v) is 9.44. The van der Waals surface area contributed by atoms with Crippen LogP contribution in [0.3, 0.4) is 0 Å². The molecule has 4 aromatic carbocycles. The number of hydrogen-bond acceptors (Lipinski definition) is 12. The maximum atomic E-state index is 12.5. The van der Waals surface area contributed by atoms with Gasteiger partial charge >= 0.3 is 24.3 Å². The average Bonchev–Trinajstić information content (AvgIpc) is 4.16. The van der Waals surface area contributed by atoms with Gasteiger partial charge in [0.25, 0.3) is 0 Å². The second-order valence-electron chi connectivity index (χ2n) is 19.8. The Morgan fingerprint density at radius 3 is 1.43 bits per heavy atom. The first-order valence-corrected chi connectivity index (χ1v) is 26.9. The number of likely N-dealkylation sites (N-methyl/N-ethyl adjacent to an activating group) is 1. The number of anilines is 2. The Morgan fingerprint density at radius 2 is 1.08 bits per heavy atom. The number of para-hydroxylation sites is 4. The van der Waals surface area contributed by atoms with Gasteiger partial charge in [-0.05, 0) is 148 Å². The number of carboxylic acids is 2. The van der Waals surface area contributed by atoms with Crippen molar-refractivity contribution in [3.8, 4) is 35.1 Å². The largest absolute Gasteiger partial charge is 0.490 e. The summed E-state index contributed by atoms with van der Waals surface area (Å²) in [6.07, 6.45) is 1.07. The Balaban J connectivity index is 0.000000287. The van der Waals surface area contributed by atoms with Crippen LogP contribution >= 0.6 is 0 Å². The van der Waals surface area contributed by atoms with Gasteiger partial charge in [0, 0.05) is 39.2 Å². The number of nitrogens with zero attached hydrogens (tertiary/aromatic N) is 4. The van der Waals surface area contributed by atoms with Gasteiger partial charge in [-0.15, -0.1) is 0 Å². The molecule has 4 aromatic rings. The zero-order valence-electron chi connectivity index (χ0n) is 45.6. The van der Waals surface area contributed by atoms with Crippen LogP contribution in [0.2, 0.25) is 0 Å². The van der Waals surface area contributed by atoms with E-state index < -0.39 is 43.5 Å². The summed E-state index contributed by atoms with van der Waals surface area (Å²) in [5.74, 6) is -0.433. The Labute approximate surface area is 459 Å². The van der Waals surface area contributed by atoms with E-state index in [-0.39, 0.29) is 30.9 Å². The van der Waals surface area contributed by atoms with Gasteiger partial charge < -0.3 is 49.4 Å². The number of unbranched alkanes of at least 4 members (excludes halogenated alkanes) is 1. The van der Waals surface area contributed by atoms with Crippen molar-refractivity contribution in [1.82, 2.24) is 5.32 Å². The molecule has 3 atom stereocenters. The van der Waals surface area contributed by atoms with Crippen molar-refractivity contribution < 1.29 is 70.2 Å². The zero-order chi connectivity index (χ0) is 58.0. The van der Waals surface area contributed by atoms with Crippen LogP contribution in [0.4, 0.5) is 37.7 Å². The lowest BCUT2D eigenvalue weighted by Crippen LogP contribution is -2.34. The Morgan fingerprint density at radius 1 is 0.658 bits per heavy atom. The quantitative estimate of drug-likeness (QED) is 0.0296. The molecule has 14 nitrogen and oxygen atoms in total. The second kappa shape index (κ2) is 32.9. The molecule has 0 saturated heterocycles. The highest BCUT2D eigenvalue weighted by atomic mass is 19.4. The minimum absolute atomic E-state index is 0.0862. The zero-order valence-corrected chi connectivity index (χ0v) is 45.6. The van der Waals surface area contributed by atoms with Gasteiger partial charge in [0.15, 0.2) is 36.2 Å². The van der Waals surface area contributed by atoms with Crippen molar-refractivity contribution in [3.63, 3.8) is 0 Å². The third-order valence-corrected chi connectivity index (χ3v) is 13.2. The fraction of sp³-hybridized carbons (Fsp3) is 0.525. The number of aliphatic hydroxyl groups is 1. The molecule has 0 aliphatic carbocycles. The number of benzene rings is 4. The van der Waals surface area contributed by atoms with Crippen molar-refractivity contribution >= 4 is 23.3 Å². The third-order valence-electron chi connectivity index (χ3n) is 13.2. The molecule has 0 fully saturated rings. The molecule has 0 bridgehead atoms. The number of alkyl halides is 6. The Bertz CT molecular complexity index is 2460. The predicted molar refractivity (Wildman–Crippen MR) is 289 cm³/mol. The standard InChI is InChI=1S/C27H33F3N2O2.C26H31F3N2O3.C6H11NO4/c1-3-4-12-32-13-11-22-16-21(17-23(18-31)26(22)32)15-20(2)8-7-14-33-24-9-5-6-10-25(24)34-19-27(28,29)30;1-19(6-4-13-33-23-7-2-3-8-24(23)34-18-26(27,28)29)14-20-15-21-9-11-31(10-5-12-32)25(21)22(16-20)17-30;1-7-4(6(10)11)2-3-5(8)9/h5-6,9-10,16-17,20H,3-4,7-8,11-15,19H2,1-2H3;2-3,7-8,15-16,19,32H,4-6,9-14,18H2,1H3;4,7H,2-3H2,1H3,(H,8,9)(H,10,11)/t20-;19-;/m00./s1. The fourth-order valence-electron chi connectivity index (χ4n) is 9.44. The van der Waals surface area contributed by atoms with Gasteiger partial charge in [-0.3, -0.25) is 9.59 Å². The molecule has 0 spiro atoms. The first kappa shape index (κ1) is 64.6. The maximum Gasteiger partial charge on any atom is 0.422 e.